The number of aromatic nitrogens is 1. The molecule has 1 aliphatic rings. The Morgan fingerprint density at radius 1 is 1.00 bits per heavy atom. The number of carbonyl (C=O) groups is 1. The molecule has 1 aromatic heterocycles. The largest absolute Gasteiger partial charge is 0.633 e. The van der Waals surface area contributed by atoms with Gasteiger partial charge in [-0.05, 0) is 57.4 Å². The fourth-order valence-electron chi connectivity index (χ4n) is 5.07. The maximum Gasteiger partial charge on any atom is 0.236 e. The highest BCUT2D eigenvalue weighted by molar-refractivity contribution is 6.03. The van der Waals surface area contributed by atoms with E-state index in [1.165, 1.54) is 0 Å². The number of hydroxylamine groups is 3. The molecule has 0 saturated carbocycles. The van der Waals surface area contributed by atoms with Crippen molar-refractivity contribution in [1.29, 1.82) is 0 Å². The molecule has 6 heteroatoms. The molecule has 0 N–H and O–H groups in total. The smallest absolute Gasteiger partial charge is 0.236 e. The molecule has 2 heterocycles. The van der Waals surface area contributed by atoms with Crippen LogP contribution in [0.25, 0.3) is 11.1 Å². The molecule has 3 aromatic rings. The summed E-state index contributed by atoms with van der Waals surface area (Å²) in [7, 11) is 3.57. The van der Waals surface area contributed by atoms with E-state index in [4.69, 9.17) is 4.98 Å². The van der Waals surface area contributed by atoms with E-state index in [0.29, 0.717) is 26.2 Å². The maximum atomic E-state index is 14.0. The highest BCUT2D eigenvalue weighted by Gasteiger charge is 2.34. The van der Waals surface area contributed by atoms with Crippen molar-refractivity contribution < 1.29 is 9.44 Å². The number of hydrogen-bond donors (Lipinski definition) is 0. The highest BCUT2D eigenvalue weighted by atomic mass is 16.5. The quantitative estimate of drug-likeness (QED) is 0.359. The molecular formula is C30H38N4O2. The summed E-state index contributed by atoms with van der Waals surface area (Å²) in [6.45, 7) is 12.6. The van der Waals surface area contributed by atoms with Crippen LogP contribution >= 0.6 is 0 Å². The van der Waals surface area contributed by atoms with Gasteiger partial charge in [0.1, 0.15) is 5.82 Å². The minimum Gasteiger partial charge on any atom is -0.633 e. The molecule has 1 amide bonds. The minimum absolute atomic E-state index is 0.00859. The summed E-state index contributed by atoms with van der Waals surface area (Å²) in [4.78, 5) is 22.7. The van der Waals surface area contributed by atoms with Crippen molar-refractivity contribution in [2.24, 2.45) is 0 Å². The molecule has 2 aromatic carbocycles. The van der Waals surface area contributed by atoms with E-state index in [2.05, 4.69) is 62.1 Å². The van der Waals surface area contributed by atoms with Gasteiger partial charge >= 0.3 is 0 Å². The van der Waals surface area contributed by atoms with Crippen LogP contribution in [0.3, 0.4) is 0 Å². The molecule has 1 saturated heterocycles. The second kappa shape index (κ2) is 9.68. The lowest BCUT2D eigenvalue weighted by Gasteiger charge is -2.45. The number of quaternary nitrogens is 1. The molecule has 0 unspecified atom stereocenters. The van der Waals surface area contributed by atoms with Gasteiger partial charge in [-0.3, -0.25) is 4.79 Å². The zero-order chi connectivity index (χ0) is 26.3. The van der Waals surface area contributed by atoms with Gasteiger partial charge in [-0.1, -0.05) is 53.6 Å². The van der Waals surface area contributed by atoms with E-state index >= 15 is 0 Å². The summed E-state index contributed by atoms with van der Waals surface area (Å²) in [5.41, 5.74) is 6.53. The van der Waals surface area contributed by atoms with Gasteiger partial charge in [-0.25, -0.2) is 4.98 Å². The zero-order valence-corrected chi connectivity index (χ0v) is 22.6. The third-order valence-electron chi connectivity index (χ3n) is 7.46. The predicted octanol–water partition coefficient (Wildman–Crippen LogP) is 5.38. The Bertz CT molecular complexity index is 1250. The van der Waals surface area contributed by atoms with Crippen LogP contribution in [0.2, 0.25) is 0 Å². The summed E-state index contributed by atoms with van der Waals surface area (Å²) >= 11 is 0. The van der Waals surface area contributed by atoms with E-state index in [1.807, 2.05) is 39.2 Å². The number of benzene rings is 2. The molecule has 6 nitrogen and oxygen atoms in total. The van der Waals surface area contributed by atoms with Gasteiger partial charge in [-0.15, -0.1) is 0 Å². The van der Waals surface area contributed by atoms with Gasteiger partial charge in [0, 0.05) is 12.6 Å². The van der Waals surface area contributed by atoms with Gasteiger partial charge in [0.15, 0.2) is 0 Å². The molecule has 0 spiro atoms. The maximum absolute atomic E-state index is 14.0. The average Bonchev–Trinajstić information content (AvgIpc) is 2.82. The average molecular weight is 487 g/mol. The minimum atomic E-state index is -0.712. The molecule has 1 fully saturated rings. The summed E-state index contributed by atoms with van der Waals surface area (Å²) in [5.74, 6) is 0.848. The molecule has 0 aliphatic carbocycles. The van der Waals surface area contributed by atoms with E-state index in [-0.39, 0.29) is 10.6 Å². The third kappa shape index (κ3) is 5.15. The van der Waals surface area contributed by atoms with E-state index in [1.54, 1.807) is 11.9 Å². The number of piperazine rings is 1. The SMILES string of the molecule is Cc1cc(C)cc(C(C)(C)C(=O)N(C)c2cnc(N3CC[N+](C)([O-])CC3)cc2-c2ccccc2C)c1. The number of pyridine rings is 1. The van der Waals surface area contributed by atoms with E-state index < -0.39 is 5.41 Å². The standard InChI is InChI=1S/C30H38N4O2/c1-21-16-22(2)18-24(17-21)30(4,5)29(35)32(6)27-20-31-28(33-12-14-34(7,36)15-13-33)19-26(27)25-11-9-8-10-23(25)3/h8-11,16-20H,12-15H2,1-7H3. The molecule has 4 rings (SSSR count). The highest BCUT2D eigenvalue weighted by Crippen LogP contribution is 2.37. The van der Waals surface area contributed by atoms with Crippen LogP contribution in [0.4, 0.5) is 11.5 Å². The Labute approximate surface area is 215 Å². The lowest BCUT2D eigenvalue weighted by Crippen LogP contribution is -2.54. The van der Waals surface area contributed by atoms with Crippen molar-refractivity contribution >= 4 is 17.4 Å². The van der Waals surface area contributed by atoms with Crippen molar-refractivity contribution in [3.8, 4) is 11.1 Å². The van der Waals surface area contributed by atoms with Crippen LogP contribution in [0, 0.1) is 26.0 Å². The predicted molar refractivity (Wildman–Crippen MR) is 148 cm³/mol. The van der Waals surface area contributed by atoms with Crippen molar-refractivity contribution in [2.75, 3.05) is 50.1 Å². The van der Waals surface area contributed by atoms with Crippen molar-refractivity contribution in [2.45, 2.75) is 40.0 Å². The van der Waals surface area contributed by atoms with Crippen LogP contribution in [0.1, 0.15) is 36.1 Å². The first kappa shape index (κ1) is 25.9. The van der Waals surface area contributed by atoms with Gasteiger partial charge in [-0.2, -0.15) is 0 Å². The van der Waals surface area contributed by atoms with Gasteiger partial charge in [0.2, 0.25) is 5.91 Å². The van der Waals surface area contributed by atoms with Crippen molar-refractivity contribution in [1.82, 2.24) is 4.98 Å². The fraction of sp³-hybridized carbons (Fsp3) is 0.400. The van der Waals surface area contributed by atoms with E-state index in [0.717, 1.165) is 44.9 Å². The Kier molecular flexibility index (Phi) is 6.95. The topological polar surface area (TPSA) is 59.5 Å². The molecular weight excluding hydrogens is 448 g/mol. The molecule has 0 radical (unpaired) electrons. The van der Waals surface area contributed by atoms with Crippen molar-refractivity contribution in [3.05, 3.63) is 82.2 Å². The lowest BCUT2D eigenvalue weighted by molar-refractivity contribution is -0.861. The summed E-state index contributed by atoms with van der Waals surface area (Å²) in [6.07, 6.45) is 1.81. The van der Waals surface area contributed by atoms with Gasteiger partial charge < -0.3 is 19.7 Å². The van der Waals surface area contributed by atoms with Crippen LogP contribution < -0.4 is 9.80 Å². The normalized spacial score (nSPS) is 15.6. The Balaban J connectivity index is 1.75. The summed E-state index contributed by atoms with van der Waals surface area (Å²) < 4.78 is -0.218. The van der Waals surface area contributed by atoms with E-state index in [9.17, 15) is 10.0 Å². The third-order valence-corrected chi connectivity index (χ3v) is 7.46. The van der Waals surface area contributed by atoms with Crippen LogP contribution in [-0.2, 0) is 10.2 Å². The molecule has 190 valence electrons. The van der Waals surface area contributed by atoms with Crippen LogP contribution in [-0.4, -0.2) is 55.8 Å². The molecule has 0 atom stereocenters. The Morgan fingerprint density at radius 3 is 2.22 bits per heavy atom. The second-order valence-corrected chi connectivity index (χ2v) is 11.0. The van der Waals surface area contributed by atoms with Crippen LogP contribution in [0.15, 0.2) is 54.7 Å². The summed E-state index contributed by atoms with van der Waals surface area (Å²) in [5, 5.41) is 12.4. The number of amides is 1. The number of nitrogens with zero attached hydrogens (tertiary/aromatic N) is 4. The van der Waals surface area contributed by atoms with Crippen molar-refractivity contribution in [3.63, 3.8) is 0 Å². The number of likely N-dealkylation sites (N-methyl/N-ethyl adjacent to an activating group) is 2. The molecule has 1 aliphatic heterocycles. The number of anilines is 2. The number of rotatable bonds is 5. The Morgan fingerprint density at radius 2 is 1.61 bits per heavy atom. The lowest BCUT2D eigenvalue weighted by atomic mass is 9.81. The number of aryl methyl sites for hydroxylation is 3. The van der Waals surface area contributed by atoms with Crippen LogP contribution in [0.5, 0.6) is 0 Å². The first-order valence-corrected chi connectivity index (χ1v) is 12.6. The monoisotopic (exact) mass is 486 g/mol. The van der Waals surface area contributed by atoms with Gasteiger partial charge in [0.25, 0.3) is 0 Å². The first-order chi connectivity index (χ1) is 16.9. The first-order valence-electron chi connectivity index (χ1n) is 12.6. The number of hydrogen-bond acceptors (Lipinski definition) is 4. The zero-order valence-electron chi connectivity index (χ0n) is 22.6. The molecule has 0 bridgehead atoms. The second-order valence-electron chi connectivity index (χ2n) is 11.0. The van der Waals surface area contributed by atoms with Gasteiger partial charge in [0.05, 0.1) is 50.5 Å². The Hall–Kier alpha value is -3.22. The summed E-state index contributed by atoms with van der Waals surface area (Å²) in [6, 6.07) is 16.6. The fourth-order valence-corrected chi connectivity index (χ4v) is 5.07. The number of carbonyl (C=O) groups excluding carboxylic acids is 1. The molecule has 36 heavy (non-hydrogen) atoms.